The predicted molar refractivity (Wildman–Crippen MR) is 53.0 cm³/mol. The molecule has 4 nitrogen and oxygen atoms in total. The molecule has 0 spiro atoms. The molecule has 2 N–H and O–H groups in total. The zero-order valence-electron chi connectivity index (χ0n) is 8.86. The molecule has 14 heavy (non-hydrogen) atoms. The standard InChI is InChI=1S/C10H19NO3/c1-8(2)10(9(13)14)3-4-11(7-10)5-6-12/h8,12H,3-7H2,1-2H3,(H,13,14). The van der Waals surface area contributed by atoms with Crippen LogP contribution in [0.2, 0.25) is 0 Å². The molecule has 4 heteroatoms. The summed E-state index contributed by atoms with van der Waals surface area (Å²) in [5.74, 6) is -0.559. The van der Waals surface area contributed by atoms with Gasteiger partial charge in [0.2, 0.25) is 0 Å². The second kappa shape index (κ2) is 4.28. The van der Waals surface area contributed by atoms with Crippen LogP contribution in [0.25, 0.3) is 0 Å². The van der Waals surface area contributed by atoms with Crippen molar-refractivity contribution >= 4 is 5.97 Å². The predicted octanol–water partition coefficient (Wildman–Crippen LogP) is 0.411. The van der Waals surface area contributed by atoms with E-state index in [9.17, 15) is 9.90 Å². The molecule has 1 aliphatic heterocycles. The number of aliphatic hydroxyl groups excluding tert-OH is 1. The lowest BCUT2D eigenvalue weighted by atomic mass is 9.76. The number of carbonyl (C=O) groups is 1. The van der Waals surface area contributed by atoms with Crippen molar-refractivity contribution in [2.24, 2.45) is 11.3 Å². The van der Waals surface area contributed by atoms with E-state index in [1.165, 1.54) is 0 Å². The van der Waals surface area contributed by atoms with Gasteiger partial charge in [0.25, 0.3) is 0 Å². The highest BCUT2D eigenvalue weighted by molar-refractivity contribution is 5.75. The first-order valence-corrected chi connectivity index (χ1v) is 5.09. The van der Waals surface area contributed by atoms with Crippen molar-refractivity contribution in [2.75, 3.05) is 26.2 Å². The summed E-state index contributed by atoms with van der Waals surface area (Å²) in [6, 6.07) is 0. The fourth-order valence-corrected chi connectivity index (χ4v) is 2.14. The fourth-order valence-electron chi connectivity index (χ4n) is 2.14. The normalized spacial score (nSPS) is 28.6. The molecule has 1 rings (SSSR count). The van der Waals surface area contributed by atoms with Crippen LogP contribution in [0.15, 0.2) is 0 Å². The van der Waals surface area contributed by atoms with Crippen LogP contribution in [-0.4, -0.2) is 47.3 Å². The highest BCUT2D eigenvalue weighted by atomic mass is 16.4. The zero-order chi connectivity index (χ0) is 10.8. The molecule has 0 aromatic rings. The molecule has 0 bridgehead atoms. The monoisotopic (exact) mass is 201 g/mol. The second-order valence-electron chi connectivity index (χ2n) is 4.37. The average Bonchev–Trinajstić information content (AvgIpc) is 2.50. The van der Waals surface area contributed by atoms with Crippen molar-refractivity contribution in [3.8, 4) is 0 Å². The summed E-state index contributed by atoms with van der Waals surface area (Å²) < 4.78 is 0. The number of likely N-dealkylation sites (tertiary alicyclic amines) is 1. The van der Waals surface area contributed by atoms with E-state index in [4.69, 9.17) is 5.11 Å². The molecule has 1 unspecified atom stereocenters. The number of aliphatic carboxylic acids is 1. The first kappa shape index (κ1) is 11.5. The van der Waals surface area contributed by atoms with Crippen LogP contribution in [0.1, 0.15) is 20.3 Å². The number of hydrogen-bond donors (Lipinski definition) is 2. The van der Waals surface area contributed by atoms with Crippen LogP contribution in [0.4, 0.5) is 0 Å². The Hall–Kier alpha value is -0.610. The van der Waals surface area contributed by atoms with E-state index in [1.807, 2.05) is 18.7 Å². The summed E-state index contributed by atoms with van der Waals surface area (Å²) in [7, 11) is 0. The molecule has 0 aliphatic carbocycles. The van der Waals surface area contributed by atoms with E-state index in [1.54, 1.807) is 0 Å². The highest BCUT2D eigenvalue weighted by Gasteiger charge is 2.46. The molecule has 0 saturated carbocycles. The smallest absolute Gasteiger partial charge is 0.311 e. The maximum Gasteiger partial charge on any atom is 0.311 e. The number of nitrogens with zero attached hydrogens (tertiary/aromatic N) is 1. The van der Waals surface area contributed by atoms with Crippen LogP contribution in [0.3, 0.4) is 0 Å². The van der Waals surface area contributed by atoms with Crippen molar-refractivity contribution in [3.05, 3.63) is 0 Å². The first-order chi connectivity index (χ1) is 6.53. The lowest BCUT2D eigenvalue weighted by molar-refractivity contribution is -0.151. The Kier molecular flexibility index (Phi) is 3.50. The van der Waals surface area contributed by atoms with Gasteiger partial charge in [-0.1, -0.05) is 13.8 Å². The lowest BCUT2D eigenvalue weighted by Crippen LogP contribution is -2.39. The topological polar surface area (TPSA) is 60.8 Å². The summed E-state index contributed by atoms with van der Waals surface area (Å²) >= 11 is 0. The number of carboxylic acids is 1. The average molecular weight is 201 g/mol. The van der Waals surface area contributed by atoms with Gasteiger partial charge in [-0.2, -0.15) is 0 Å². The Morgan fingerprint density at radius 1 is 1.57 bits per heavy atom. The van der Waals surface area contributed by atoms with Crippen LogP contribution >= 0.6 is 0 Å². The van der Waals surface area contributed by atoms with Gasteiger partial charge in [0.15, 0.2) is 0 Å². The lowest BCUT2D eigenvalue weighted by Gasteiger charge is -2.28. The summed E-state index contributed by atoms with van der Waals surface area (Å²) in [4.78, 5) is 13.2. The number of rotatable bonds is 4. The van der Waals surface area contributed by atoms with Gasteiger partial charge in [-0.25, -0.2) is 0 Å². The Bertz CT molecular complexity index is 217. The van der Waals surface area contributed by atoms with Crippen molar-refractivity contribution in [3.63, 3.8) is 0 Å². The number of β-amino-alcohol motifs (C(OH)–C–C–N with tert-alkyl or cyclic N) is 1. The minimum absolute atomic E-state index is 0.105. The minimum Gasteiger partial charge on any atom is -0.481 e. The van der Waals surface area contributed by atoms with Crippen molar-refractivity contribution < 1.29 is 15.0 Å². The van der Waals surface area contributed by atoms with Gasteiger partial charge in [0.05, 0.1) is 12.0 Å². The van der Waals surface area contributed by atoms with Crippen molar-refractivity contribution in [1.29, 1.82) is 0 Å². The third kappa shape index (κ3) is 1.91. The quantitative estimate of drug-likeness (QED) is 0.691. The second-order valence-corrected chi connectivity index (χ2v) is 4.37. The summed E-state index contributed by atoms with van der Waals surface area (Å²) in [6.45, 7) is 5.95. The maximum atomic E-state index is 11.2. The van der Waals surface area contributed by atoms with Crippen molar-refractivity contribution in [2.45, 2.75) is 20.3 Å². The molecular formula is C10H19NO3. The molecule has 1 saturated heterocycles. The maximum absolute atomic E-state index is 11.2. The third-order valence-electron chi connectivity index (χ3n) is 3.33. The van der Waals surface area contributed by atoms with E-state index in [2.05, 4.69) is 0 Å². The SMILES string of the molecule is CC(C)C1(C(=O)O)CCN(CCO)C1. The van der Waals surface area contributed by atoms with Crippen LogP contribution < -0.4 is 0 Å². The number of carboxylic acid groups (broad SMARTS) is 1. The van der Waals surface area contributed by atoms with E-state index in [0.717, 1.165) is 6.54 Å². The molecule has 1 atom stereocenters. The molecule has 0 aromatic carbocycles. The molecule has 0 radical (unpaired) electrons. The van der Waals surface area contributed by atoms with Crippen LogP contribution in [0.5, 0.6) is 0 Å². The van der Waals surface area contributed by atoms with E-state index < -0.39 is 11.4 Å². The number of aliphatic hydroxyl groups is 1. The Morgan fingerprint density at radius 3 is 2.57 bits per heavy atom. The van der Waals surface area contributed by atoms with E-state index >= 15 is 0 Å². The molecule has 1 aliphatic rings. The Labute approximate surface area is 84.5 Å². The van der Waals surface area contributed by atoms with Gasteiger partial charge in [-0.15, -0.1) is 0 Å². The summed E-state index contributed by atoms with van der Waals surface area (Å²) in [5.41, 5.74) is -0.602. The largest absolute Gasteiger partial charge is 0.481 e. The molecule has 1 fully saturated rings. The minimum atomic E-state index is -0.701. The van der Waals surface area contributed by atoms with Gasteiger partial charge in [0.1, 0.15) is 0 Å². The zero-order valence-corrected chi connectivity index (χ0v) is 8.86. The molecule has 82 valence electrons. The van der Waals surface area contributed by atoms with E-state index in [-0.39, 0.29) is 12.5 Å². The molecule has 0 aromatic heterocycles. The first-order valence-electron chi connectivity index (χ1n) is 5.09. The third-order valence-corrected chi connectivity index (χ3v) is 3.33. The van der Waals surface area contributed by atoms with Gasteiger partial charge >= 0.3 is 5.97 Å². The van der Waals surface area contributed by atoms with Gasteiger partial charge in [0, 0.05) is 13.1 Å². The molecule has 0 amide bonds. The Balaban J connectivity index is 2.70. The van der Waals surface area contributed by atoms with Gasteiger partial charge < -0.3 is 10.2 Å². The highest BCUT2D eigenvalue weighted by Crippen LogP contribution is 2.37. The van der Waals surface area contributed by atoms with Gasteiger partial charge in [-0.05, 0) is 18.9 Å². The van der Waals surface area contributed by atoms with Crippen LogP contribution in [0, 0.1) is 11.3 Å². The van der Waals surface area contributed by atoms with Crippen LogP contribution in [-0.2, 0) is 4.79 Å². The molecular weight excluding hydrogens is 182 g/mol. The number of hydrogen-bond acceptors (Lipinski definition) is 3. The Morgan fingerprint density at radius 2 is 2.21 bits per heavy atom. The molecule has 1 heterocycles. The summed E-state index contributed by atoms with van der Waals surface area (Å²) in [6.07, 6.45) is 0.694. The summed E-state index contributed by atoms with van der Waals surface area (Å²) in [5, 5.41) is 18.0. The van der Waals surface area contributed by atoms with E-state index in [0.29, 0.717) is 19.5 Å². The van der Waals surface area contributed by atoms with Gasteiger partial charge in [-0.3, -0.25) is 9.69 Å². The fraction of sp³-hybridized carbons (Fsp3) is 0.900. The van der Waals surface area contributed by atoms with Crippen molar-refractivity contribution in [1.82, 2.24) is 4.90 Å².